The molecule has 6 nitrogen and oxygen atoms in total. The zero-order valence-electron chi connectivity index (χ0n) is 11.2. The van der Waals surface area contributed by atoms with Crippen molar-refractivity contribution >= 4 is 35.1 Å². The summed E-state index contributed by atoms with van der Waals surface area (Å²) in [6.45, 7) is 1.77. The Bertz CT molecular complexity index is 642. The van der Waals surface area contributed by atoms with Gasteiger partial charge in [0, 0.05) is 12.1 Å². The van der Waals surface area contributed by atoms with E-state index in [4.69, 9.17) is 16.0 Å². The van der Waals surface area contributed by atoms with Crippen LogP contribution in [0.25, 0.3) is 0 Å². The van der Waals surface area contributed by atoms with Crippen LogP contribution in [0.2, 0.25) is 5.02 Å². The molecular weight excluding hydrogens is 312 g/mol. The van der Waals surface area contributed by atoms with Crippen LogP contribution >= 0.6 is 23.4 Å². The first-order valence-electron chi connectivity index (χ1n) is 6.54. The molecule has 2 heterocycles. The lowest BCUT2D eigenvalue weighted by atomic mass is 10.4. The van der Waals surface area contributed by atoms with Crippen molar-refractivity contribution in [1.82, 2.24) is 15.2 Å². The summed E-state index contributed by atoms with van der Waals surface area (Å²) in [4.78, 5) is 16.1. The molecule has 0 bridgehead atoms. The number of amides is 1. The minimum Gasteiger partial charge on any atom is -0.416 e. The molecule has 2 aromatic heterocycles. The van der Waals surface area contributed by atoms with E-state index < -0.39 is 0 Å². The lowest BCUT2D eigenvalue weighted by Gasteiger charge is -2.08. The zero-order valence-corrected chi connectivity index (χ0v) is 12.8. The molecule has 1 aliphatic rings. The normalized spacial score (nSPS) is 15.7. The van der Waals surface area contributed by atoms with E-state index in [1.165, 1.54) is 18.0 Å². The lowest BCUT2D eigenvalue weighted by molar-refractivity contribution is -0.115. The Labute approximate surface area is 130 Å². The Morgan fingerprint density at radius 2 is 2.29 bits per heavy atom. The quantitative estimate of drug-likeness (QED) is 0.851. The molecule has 0 aliphatic heterocycles. The van der Waals surface area contributed by atoms with Crippen molar-refractivity contribution < 1.29 is 9.21 Å². The average Bonchev–Trinajstić information content (AvgIpc) is 3.22. The number of aromatic nitrogens is 3. The standard InChI is InChI=1S/C13H13ClN4O2S/c1-7(11(19)16-10-5-4-9(14)6-15-10)21-13-18-17-12(20-13)8-2-3-8/h4-8H,2-3H2,1H3,(H,15,16,19)/t7-/m1/s1. The van der Waals surface area contributed by atoms with Crippen LogP contribution in [0.4, 0.5) is 5.82 Å². The van der Waals surface area contributed by atoms with Crippen molar-refractivity contribution in [3.05, 3.63) is 29.2 Å². The Balaban J connectivity index is 1.57. The Hall–Kier alpha value is -1.60. The molecule has 1 amide bonds. The molecule has 0 aromatic carbocycles. The highest BCUT2D eigenvalue weighted by molar-refractivity contribution is 8.00. The van der Waals surface area contributed by atoms with Crippen LogP contribution < -0.4 is 5.32 Å². The minimum atomic E-state index is -0.366. The fourth-order valence-corrected chi connectivity index (χ4v) is 2.45. The molecule has 0 radical (unpaired) electrons. The fourth-order valence-electron chi connectivity index (χ4n) is 1.65. The number of rotatable bonds is 5. The third-order valence-corrected chi connectivity index (χ3v) is 4.13. The lowest BCUT2D eigenvalue weighted by Crippen LogP contribution is -2.22. The molecule has 21 heavy (non-hydrogen) atoms. The van der Waals surface area contributed by atoms with E-state index in [0.29, 0.717) is 27.9 Å². The van der Waals surface area contributed by atoms with Crippen molar-refractivity contribution in [1.29, 1.82) is 0 Å². The predicted octanol–water partition coefficient (Wildman–Crippen LogP) is 3.11. The van der Waals surface area contributed by atoms with Crippen LogP contribution in [0.1, 0.15) is 31.6 Å². The minimum absolute atomic E-state index is 0.180. The Morgan fingerprint density at radius 3 is 2.95 bits per heavy atom. The molecule has 1 fully saturated rings. The molecule has 8 heteroatoms. The van der Waals surface area contributed by atoms with Crippen LogP contribution in [0.15, 0.2) is 28.0 Å². The number of thioether (sulfide) groups is 1. The summed E-state index contributed by atoms with van der Waals surface area (Å²) in [5.41, 5.74) is 0. The number of halogens is 1. The van der Waals surface area contributed by atoms with E-state index in [1.54, 1.807) is 19.1 Å². The van der Waals surface area contributed by atoms with E-state index in [1.807, 2.05) is 0 Å². The van der Waals surface area contributed by atoms with Gasteiger partial charge in [0.1, 0.15) is 5.82 Å². The van der Waals surface area contributed by atoms with Gasteiger partial charge >= 0.3 is 0 Å². The molecule has 0 saturated heterocycles. The van der Waals surface area contributed by atoms with Gasteiger partial charge < -0.3 is 9.73 Å². The molecule has 1 aliphatic carbocycles. The van der Waals surface area contributed by atoms with Gasteiger partial charge in [-0.1, -0.05) is 23.4 Å². The highest BCUT2D eigenvalue weighted by atomic mass is 35.5. The van der Waals surface area contributed by atoms with Crippen LogP contribution in [-0.4, -0.2) is 26.3 Å². The van der Waals surface area contributed by atoms with Crippen LogP contribution in [0.5, 0.6) is 0 Å². The molecule has 110 valence electrons. The number of pyridine rings is 1. The Morgan fingerprint density at radius 1 is 1.48 bits per heavy atom. The van der Waals surface area contributed by atoms with Gasteiger partial charge in [-0.3, -0.25) is 4.79 Å². The molecule has 1 saturated carbocycles. The molecule has 2 aromatic rings. The summed E-state index contributed by atoms with van der Waals surface area (Å²) in [5, 5.41) is 11.2. The SMILES string of the molecule is C[C@@H](Sc1nnc(C2CC2)o1)C(=O)Nc1ccc(Cl)cn1. The number of hydrogen-bond acceptors (Lipinski definition) is 6. The van der Waals surface area contributed by atoms with E-state index in [9.17, 15) is 4.79 Å². The number of nitrogens with one attached hydrogen (secondary N) is 1. The Kier molecular flexibility index (Phi) is 4.12. The number of anilines is 1. The molecule has 1 N–H and O–H groups in total. The fraction of sp³-hybridized carbons (Fsp3) is 0.385. The number of nitrogens with zero attached hydrogens (tertiary/aromatic N) is 3. The summed E-state index contributed by atoms with van der Waals surface area (Å²) in [6.07, 6.45) is 3.68. The van der Waals surface area contributed by atoms with Crippen molar-refractivity contribution in [2.45, 2.75) is 36.2 Å². The monoisotopic (exact) mass is 324 g/mol. The average molecular weight is 325 g/mol. The second-order valence-corrected chi connectivity index (χ2v) is 6.52. The third-order valence-electron chi connectivity index (χ3n) is 2.97. The zero-order chi connectivity index (χ0) is 14.8. The second kappa shape index (κ2) is 6.03. The molecule has 0 spiro atoms. The molecule has 0 unspecified atom stereocenters. The largest absolute Gasteiger partial charge is 0.416 e. The number of carbonyl (C=O) groups is 1. The van der Waals surface area contributed by atoms with Gasteiger partial charge in [-0.15, -0.1) is 10.2 Å². The number of hydrogen-bond donors (Lipinski definition) is 1. The summed E-state index contributed by atoms with van der Waals surface area (Å²) in [5.74, 6) is 1.36. The summed E-state index contributed by atoms with van der Waals surface area (Å²) < 4.78 is 5.52. The van der Waals surface area contributed by atoms with Crippen molar-refractivity contribution in [2.24, 2.45) is 0 Å². The van der Waals surface area contributed by atoms with E-state index >= 15 is 0 Å². The molecule has 1 atom stereocenters. The van der Waals surface area contributed by atoms with E-state index in [2.05, 4.69) is 20.5 Å². The van der Waals surface area contributed by atoms with Crippen LogP contribution in [0, 0.1) is 0 Å². The third kappa shape index (κ3) is 3.74. The first kappa shape index (κ1) is 14.3. The number of carbonyl (C=O) groups excluding carboxylic acids is 1. The second-order valence-electron chi connectivity index (χ2n) is 4.79. The van der Waals surface area contributed by atoms with Gasteiger partial charge in [0.25, 0.3) is 5.22 Å². The predicted molar refractivity (Wildman–Crippen MR) is 79.5 cm³/mol. The van der Waals surface area contributed by atoms with E-state index in [-0.39, 0.29) is 11.2 Å². The van der Waals surface area contributed by atoms with Gasteiger partial charge in [0.15, 0.2) is 0 Å². The maximum atomic E-state index is 12.1. The van der Waals surface area contributed by atoms with Crippen molar-refractivity contribution in [2.75, 3.05) is 5.32 Å². The van der Waals surface area contributed by atoms with Crippen molar-refractivity contribution in [3.8, 4) is 0 Å². The molecule has 3 rings (SSSR count). The summed E-state index contributed by atoms with van der Waals surface area (Å²) in [7, 11) is 0. The van der Waals surface area contributed by atoms with Crippen LogP contribution in [-0.2, 0) is 4.79 Å². The van der Waals surface area contributed by atoms with Gasteiger partial charge in [0.2, 0.25) is 11.8 Å². The van der Waals surface area contributed by atoms with Gasteiger partial charge in [-0.2, -0.15) is 0 Å². The highest BCUT2D eigenvalue weighted by Crippen LogP contribution is 2.40. The maximum Gasteiger partial charge on any atom is 0.277 e. The summed E-state index contributed by atoms with van der Waals surface area (Å²) >= 11 is 6.98. The topological polar surface area (TPSA) is 80.9 Å². The van der Waals surface area contributed by atoms with Gasteiger partial charge in [-0.25, -0.2) is 4.98 Å². The highest BCUT2D eigenvalue weighted by Gasteiger charge is 2.30. The maximum absolute atomic E-state index is 12.1. The van der Waals surface area contributed by atoms with Gasteiger partial charge in [0.05, 0.1) is 10.3 Å². The van der Waals surface area contributed by atoms with E-state index in [0.717, 1.165) is 12.8 Å². The first-order chi connectivity index (χ1) is 10.1. The van der Waals surface area contributed by atoms with Crippen LogP contribution in [0.3, 0.4) is 0 Å². The van der Waals surface area contributed by atoms with Crippen molar-refractivity contribution in [3.63, 3.8) is 0 Å². The summed E-state index contributed by atoms with van der Waals surface area (Å²) in [6, 6.07) is 3.32. The smallest absolute Gasteiger partial charge is 0.277 e. The molecular formula is C13H13ClN4O2S. The first-order valence-corrected chi connectivity index (χ1v) is 7.80. The van der Waals surface area contributed by atoms with Gasteiger partial charge in [-0.05, 0) is 31.9 Å².